The summed E-state index contributed by atoms with van der Waals surface area (Å²) in [5, 5.41) is 0. The molecule has 0 heterocycles. The lowest BCUT2D eigenvalue weighted by Gasteiger charge is -2.31. The molecule has 0 aliphatic heterocycles. The Kier molecular flexibility index (Phi) is 6.70. The van der Waals surface area contributed by atoms with Crippen molar-refractivity contribution in [1.82, 2.24) is 0 Å². The monoisotopic (exact) mass is 267 g/mol. The zero-order valence-corrected chi connectivity index (χ0v) is 12.7. The van der Waals surface area contributed by atoms with Gasteiger partial charge < -0.3 is 5.73 Å². The van der Waals surface area contributed by atoms with Crippen molar-refractivity contribution in [2.24, 2.45) is 29.4 Å². The highest BCUT2D eigenvalue weighted by atomic mass is 16.1. The van der Waals surface area contributed by atoms with Crippen LogP contribution in [0.1, 0.15) is 59.3 Å². The first-order valence-corrected chi connectivity index (χ1v) is 7.74. The van der Waals surface area contributed by atoms with Crippen molar-refractivity contribution >= 4 is 11.6 Å². The lowest BCUT2D eigenvalue weighted by Crippen LogP contribution is -2.33. The summed E-state index contributed by atoms with van der Waals surface area (Å²) in [5.74, 6) is 1.17. The molecule has 0 unspecified atom stereocenters. The van der Waals surface area contributed by atoms with E-state index in [2.05, 4.69) is 6.92 Å². The molecule has 3 heteroatoms. The molecule has 1 saturated carbocycles. The van der Waals surface area contributed by atoms with E-state index in [1.807, 2.05) is 6.92 Å². The largest absolute Gasteiger partial charge is 0.330 e. The number of carbonyl (C=O) groups excluding carboxylic acids is 2. The molecule has 4 atom stereocenters. The lowest BCUT2D eigenvalue weighted by molar-refractivity contribution is -0.128. The number of carbonyl (C=O) groups is 2. The molecule has 1 aliphatic rings. The molecule has 0 saturated heterocycles. The minimum absolute atomic E-state index is 0.0782. The van der Waals surface area contributed by atoms with E-state index in [1.54, 1.807) is 6.92 Å². The van der Waals surface area contributed by atoms with Gasteiger partial charge in [-0.2, -0.15) is 0 Å². The highest BCUT2D eigenvalue weighted by Crippen LogP contribution is 2.34. The number of hydrogen-bond acceptors (Lipinski definition) is 3. The van der Waals surface area contributed by atoms with Gasteiger partial charge in [0.15, 0.2) is 0 Å². The van der Waals surface area contributed by atoms with Gasteiger partial charge in [0, 0.05) is 24.8 Å². The van der Waals surface area contributed by atoms with Crippen LogP contribution in [0.15, 0.2) is 0 Å². The Bertz CT molecular complexity index is 314. The molecule has 0 spiro atoms. The summed E-state index contributed by atoms with van der Waals surface area (Å²) in [6, 6.07) is 0. The molecule has 0 aromatic carbocycles. The average molecular weight is 267 g/mol. The van der Waals surface area contributed by atoms with Crippen LogP contribution in [-0.4, -0.2) is 18.1 Å². The van der Waals surface area contributed by atoms with E-state index in [9.17, 15) is 9.59 Å². The van der Waals surface area contributed by atoms with E-state index < -0.39 is 0 Å². The van der Waals surface area contributed by atoms with Crippen molar-refractivity contribution in [3.05, 3.63) is 0 Å². The molecule has 3 nitrogen and oxygen atoms in total. The summed E-state index contributed by atoms with van der Waals surface area (Å²) in [7, 11) is 0. The molecule has 1 aliphatic carbocycles. The molecule has 0 aromatic rings. The first-order valence-electron chi connectivity index (χ1n) is 7.74. The SMILES string of the molecule is CC[C@@H]1CCCC[C@@H]1C(=O)C[C@@H](C)[C@H](CN)C(C)=O. The molecule has 0 bridgehead atoms. The second-order valence-electron chi connectivity index (χ2n) is 6.16. The summed E-state index contributed by atoms with van der Waals surface area (Å²) in [6.07, 6.45) is 6.27. The van der Waals surface area contributed by atoms with E-state index in [4.69, 9.17) is 5.73 Å². The maximum absolute atomic E-state index is 12.5. The van der Waals surface area contributed by atoms with E-state index >= 15 is 0 Å². The third-order valence-corrected chi connectivity index (χ3v) is 4.83. The van der Waals surface area contributed by atoms with E-state index in [-0.39, 0.29) is 23.5 Å². The fourth-order valence-corrected chi connectivity index (χ4v) is 3.53. The van der Waals surface area contributed by atoms with E-state index in [0.717, 1.165) is 12.8 Å². The normalized spacial score (nSPS) is 26.7. The van der Waals surface area contributed by atoms with Gasteiger partial charge in [0.25, 0.3) is 0 Å². The fourth-order valence-electron chi connectivity index (χ4n) is 3.53. The van der Waals surface area contributed by atoms with Gasteiger partial charge in [-0.3, -0.25) is 9.59 Å². The van der Waals surface area contributed by atoms with Crippen LogP contribution in [0.5, 0.6) is 0 Å². The highest BCUT2D eigenvalue weighted by Gasteiger charge is 2.32. The van der Waals surface area contributed by atoms with Crippen molar-refractivity contribution in [2.45, 2.75) is 59.3 Å². The van der Waals surface area contributed by atoms with Gasteiger partial charge in [0.05, 0.1) is 0 Å². The standard InChI is InChI=1S/C16H29NO2/c1-4-13-7-5-6-8-14(13)16(19)9-11(2)15(10-17)12(3)18/h11,13-15H,4-10,17H2,1-3H3/t11-,13-,14+,15+/m1/s1. The topological polar surface area (TPSA) is 60.2 Å². The van der Waals surface area contributed by atoms with Crippen LogP contribution in [0.25, 0.3) is 0 Å². The summed E-state index contributed by atoms with van der Waals surface area (Å²) in [6.45, 7) is 6.10. The van der Waals surface area contributed by atoms with Crippen molar-refractivity contribution in [2.75, 3.05) is 6.54 Å². The molecule has 110 valence electrons. The molecule has 0 radical (unpaired) electrons. The molecule has 0 amide bonds. The predicted molar refractivity (Wildman–Crippen MR) is 77.8 cm³/mol. The maximum Gasteiger partial charge on any atom is 0.136 e. The Labute approximate surface area is 117 Å². The molecule has 0 aromatic heterocycles. The van der Waals surface area contributed by atoms with Gasteiger partial charge in [-0.25, -0.2) is 0 Å². The number of rotatable bonds is 7. The minimum atomic E-state index is -0.160. The van der Waals surface area contributed by atoms with Crippen LogP contribution >= 0.6 is 0 Å². The van der Waals surface area contributed by atoms with E-state index in [1.165, 1.54) is 19.3 Å². The van der Waals surface area contributed by atoms with Crippen molar-refractivity contribution in [3.8, 4) is 0 Å². The first kappa shape index (κ1) is 16.4. The van der Waals surface area contributed by atoms with Gasteiger partial charge >= 0.3 is 0 Å². The predicted octanol–water partition coefficient (Wildman–Crippen LogP) is 2.96. The summed E-state index contributed by atoms with van der Waals surface area (Å²) < 4.78 is 0. The van der Waals surface area contributed by atoms with Crippen molar-refractivity contribution in [3.63, 3.8) is 0 Å². The number of Topliss-reactive ketones (excluding diaryl/α,β-unsaturated/α-hetero) is 2. The van der Waals surface area contributed by atoms with Crippen molar-refractivity contribution < 1.29 is 9.59 Å². The van der Waals surface area contributed by atoms with Crippen LogP contribution in [0.3, 0.4) is 0 Å². The van der Waals surface area contributed by atoms with Crippen LogP contribution < -0.4 is 5.73 Å². The van der Waals surface area contributed by atoms with Gasteiger partial charge in [-0.1, -0.05) is 33.1 Å². The second kappa shape index (κ2) is 7.78. The van der Waals surface area contributed by atoms with Crippen LogP contribution in [-0.2, 0) is 9.59 Å². The van der Waals surface area contributed by atoms with Crippen molar-refractivity contribution in [1.29, 1.82) is 0 Å². The zero-order chi connectivity index (χ0) is 14.4. The number of nitrogens with two attached hydrogens (primary N) is 1. The Morgan fingerprint density at radius 2 is 1.89 bits per heavy atom. The quantitative estimate of drug-likeness (QED) is 0.771. The Hall–Kier alpha value is -0.700. The van der Waals surface area contributed by atoms with Crippen LogP contribution in [0.2, 0.25) is 0 Å². The van der Waals surface area contributed by atoms with Gasteiger partial charge in [-0.15, -0.1) is 0 Å². The second-order valence-corrected chi connectivity index (χ2v) is 6.16. The zero-order valence-electron chi connectivity index (χ0n) is 12.7. The van der Waals surface area contributed by atoms with Crippen LogP contribution in [0, 0.1) is 23.7 Å². The third-order valence-electron chi connectivity index (χ3n) is 4.83. The fraction of sp³-hybridized carbons (Fsp3) is 0.875. The van der Waals surface area contributed by atoms with Gasteiger partial charge in [0.1, 0.15) is 11.6 Å². The van der Waals surface area contributed by atoms with E-state index in [0.29, 0.717) is 24.7 Å². The molecule has 2 N–H and O–H groups in total. The molecule has 1 fully saturated rings. The first-order chi connectivity index (χ1) is 9.01. The Morgan fingerprint density at radius 1 is 1.26 bits per heavy atom. The average Bonchev–Trinajstić information content (AvgIpc) is 2.38. The van der Waals surface area contributed by atoms with Gasteiger partial charge in [-0.05, 0) is 31.6 Å². The molecule has 19 heavy (non-hydrogen) atoms. The lowest BCUT2D eigenvalue weighted by atomic mass is 9.73. The Morgan fingerprint density at radius 3 is 2.42 bits per heavy atom. The molecule has 1 rings (SSSR count). The summed E-state index contributed by atoms with van der Waals surface area (Å²) >= 11 is 0. The maximum atomic E-state index is 12.5. The summed E-state index contributed by atoms with van der Waals surface area (Å²) in [5.41, 5.74) is 5.65. The molecular weight excluding hydrogens is 238 g/mol. The smallest absolute Gasteiger partial charge is 0.136 e. The number of hydrogen-bond donors (Lipinski definition) is 1. The van der Waals surface area contributed by atoms with Gasteiger partial charge in [0.2, 0.25) is 0 Å². The minimum Gasteiger partial charge on any atom is -0.330 e. The molecular formula is C16H29NO2. The third kappa shape index (κ3) is 4.41. The number of ketones is 2. The Balaban J connectivity index is 2.59. The summed E-state index contributed by atoms with van der Waals surface area (Å²) in [4.78, 5) is 24.0. The highest BCUT2D eigenvalue weighted by molar-refractivity contribution is 5.83. The van der Waals surface area contributed by atoms with Crippen LogP contribution in [0.4, 0.5) is 0 Å².